The van der Waals surface area contributed by atoms with Crippen molar-refractivity contribution < 1.29 is 0 Å². The van der Waals surface area contributed by atoms with Gasteiger partial charge in [-0.2, -0.15) is 0 Å². The maximum atomic E-state index is 3.22. The van der Waals surface area contributed by atoms with Crippen LogP contribution < -0.4 is 0 Å². The van der Waals surface area contributed by atoms with Gasteiger partial charge in [0.15, 0.2) is 0 Å². The van der Waals surface area contributed by atoms with E-state index in [-0.39, 0.29) is 0 Å². The van der Waals surface area contributed by atoms with Crippen molar-refractivity contribution in [3.63, 3.8) is 0 Å². The maximum Gasteiger partial charge on any atom is -0.0178 e. The average Bonchev–Trinajstić information content (AvgIpc) is 2.25. The Labute approximate surface area is 88.4 Å². The lowest BCUT2D eigenvalue weighted by Crippen LogP contribution is -1.88. The summed E-state index contributed by atoms with van der Waals surface area (Å²) in [6.07, 6.45) is 7.74. The summed E-state index contributed by atoms with van der Waals surface area (Å²) in [6, 6.07) is 9.77. The summed E-state index contributed by atoms with van der Waals surface area (Å²) < 4.78 is 0. The van der Waals surface area contributed by atoms with E-state index in [1.807, 2.05) is 0 Å². The highest BCUT2D eigenvalue weighted by atomic mass is 14.0. The SMILES string of the molecule is CCCCCCc1c[c]cc(CC)c1. The zero-order valence-electron chi connectivity index (χ0n) is 9.47. The van der Waals surface area contributed by atoms with Crippen LogP contribution in [-0.2, 0) is 12.8 Å². The number of hydrogen-bond acceptors (Lipinski definition) is 0. The molecule has 0 saturated heterocycles. The molecule has 0 heteroatoms. The quantitative estimate of drug-likeness (QED) is 0.589. The van der Waals surface area contributed by atoms with Crippen molar-refractivity contribution in [2.24, 2.45) is 0 Å². The van der Waals surface area contributed by atoms with Gasteiger partial charge < -0.3 is 0 Å². The molecule has 1 rings (SSSR count). The highest BCUT2D eigenvalue weighted by Gasteiger charge is 1.95. The van der Waals surface area contributed by atoms with E-state index < -0.39 is 0 Å². The summed E-state index contributed by atoms with van der Waals surface area (Å²) in [7, 11) is 0. The Morgan fingerprint density at radius 2 is 1.79 bits per heavy atom. The van der Waals surface area contributed by atoms with E-state index in [0.29, 0.717) is 0 Å². The lowest BCUT2D eigenvalue weighted by Gasteiger charge is -2.03. The Kier molecular flexibility index (Phi) is 5.36. The van der Waals surface area contributed by atoms with E-state index in [2.05, 4.69) is 38.1 Å². The highest BCUT2D eigenvalue weighted by molar-refractivity contribution is 5.22. The maximum absolute atomic E-state index is 3.22. The van der Waals surface area contributed by atoms with Gasteiger partial charge in [-0.15, -0.1) is 0 Å². The molecule has 0 atom stereocenters. The first kappa shape index (κ1) is 11.3. The highest BCUT2D eigenvalue weighted by Crippen LogP contribution is 2.10. The minimum Gasteiger partial charge on any atom is -0.0654 e. The molecule has 0 amide bonds. The molecule has 0 aliphatic heterocycles. The Hall–Kier alpha value is -0.780. The molecule has 0 saturated carbocycles. The van der Waals surface area contributed by atoms with Gasteiger partial charge in [-0.25, -0.2) is 0 Å². The van der Waals surface area contributed by atoms with Gasteiger partial charge in [0.1, 0.15) is 0 Å². The van der Waals surface area contributed by atoms with Crippen molar-refractivity contribution >= 4 is 0 Å². The smallest absolute Gasteiger partial charge is 0.0178 e. The second kappa shape index (κ2) is 6.64. The molecule has 0 heterocycles. The molecule has 0 aliphatic rings. The summed E-state index contributed by atoms with van der Waals surface area (Å²) in [6.45, 7) is 4.45. The molecule has 0 fully saturated rings. The van der Waals surface area contributed by atoms with Crippen LogP contribution >= 0.6 is 0 Å². The molecule has 0 N–H and O–H groups in total. The number of rotatable bonds is 6. The van der Waals surface area contributed by atoms with Crippen LogP contribution in [0.25, 0.3) is 0 Å². The predicted molar refractivity (Wildman–Crippen MR) is 62.5 cm³/mol. The second-order valence-electron chi connectivity index (χ2n) is 3.91. The first-order valence-electron chi connectivity index (χ1n) is 5.85. The van der Waals surface area contributed by atoms with Crippen LogP contribution in [-0.4, -0.2) is 0 Å². The third kappa shape index (κ3) is 3.95. The van der Waals surface area contributed by atoms with Crippen molar-refractivity contribution in [2.75, 3.05) is 0 Å². The van der Waals surface area contributed by atoms with E-state index >= 15 is 0 Å². The van der Waals surface area contributed by atoms with E-state index in [9.17, 15) is 0 Å². The normalized spacial score (nSPS) is 10.4. The minimum atomic E-state index is 1.12. The molecule has 1 aromatic rings. The van der Waals surface area contributed by atoms with Gasteiger partial charge in [-0.3, -0.25) is 0 Å². The summed E-state index contributed by atoms with van der Waals surface area (Å²) in [5, 5.41) is 0. The molecule has 77 valence electrons. The third-order valence-corrected chi connectivity index (χ3v) is 2.64. The predicted octanol–water partition coefficient (Wildman–Crippen LogP) is 4.17. The van der Waals surface area contributed by atoms with Crippen molar-refractivity contribution in [2.45, 2.75) is 52.4 Å². The van der Waals surface area contributed by atoms with Gasteiger partial charge in [-0.1, -0.05) is 51.3 Å². The fourth-order valence-corrected chi connectivity index (χ4v) is 1.68. The van der Waals surface area contributed by atoms with Crippen LogP contribution in [0.5, 0.6) is 0 Å². The molecule has 0 aliphatic carbocycles. The lowest BCUT2D eigenvalue weighted by atomic mass is 10.0. The van der Waals surface area contributed by atoms with Gasteiger partial charge in [0, 0.05) is 0 Å². The first-order chi connectivity index (χ1) is 6.86. The van der Waals surface area contributed by atoms with Gasteiger partial charge in [0.25, 0.3) is 0 Å². The second-order valence-corrected chi connectivity index (χ2v) is 3.91. The molecule has 14 heavy (non-hydrogen) atoms. The van der Waals surface area contributed by atoms with Crippen LogP contribution in [0.4, 0.5) is 0 Å². The van der Waals surface area contributed by atoms with E-state index in [1.54, 1.807) is 0 Å². The number of aryl methyl sites for hydroxylation is 2. The van der Waals surface area contributed by atoms with Crippen molar-refractivity contribution in [1.82, 2.24) is 0 Å². The molecule has 0 aromatic heterocycles. The Morgan fingerprint density at radius 3 is 2.50 bits per heavy atom. The van der Waals surface area contributed by atoms with Crippen LogP contribution in [0.1, 0.15) is 50.7 Å². The number of unbranched alkanes of at least 4 members (excludes halogenated alkanes) is 3. The van der Waals surface area contributed by atoms with Crippen LogP contribution in [0.15, 0.2) is 18.2 Å². The minimum absolute atomic E-state index is 1.12. The molecular weight excluding hydrogens is 168 g/mol. The largest absolute Gasteiger partial charge is 0.0654 e. The molecule has 1 radical (unpaired) electrons. The molecule has 0 unspecified atom stereocenters. The van der Waals surface area contributed by atoms with Crippen LogP contribution in [0.3, 0.4) is 0 Å². The third-order valence-electron chi connectivity index (χ3n) is 2.64. The fourth-order valence-electron chi connectivity index (χ4n) is 1.68. The van der Waals surface area contributed by atoms with Gasteiger partial charge in [-0.05, 0) is 36.5 Å². The van der Waals surface area contributed by atoms with Gasteiger partial charge in [0.05, 0.1) is 0 Å². The molecule has 0 nitrogen and oxygen atoms in total. The summed E-state index contributed by atoms with van der Waals surface area (Å²) in [4.78, 5) is 0. The molecule has 0 bridgehead atoms. The van der Waals surface area contributed by atoms with Gasteiger partial charge >= 0.3 is 0 Å². The van der Waals surface area contributed by atoms with Crippen molar-refractivity contribution in [3.8, 4) is 0 Å². The zero-order valence-corrected chi connectivity index (χ0v) is 9.47. The Morgan fingerprint density at radius 1 is 1.00 bits per heavy atom. The molecular formula is C14H21. The van der Waals surface area contributed by atoms with E-state index in [4.69, 9.17) is 0 Å². The van der Waals surface area contributed by atoms with Crippen molar-refractivity contribution in [1.29, 1.82) is 0 Å². The summed E-state index contributed by atoms with van der Waals surface area (Å²) in [5.74, 6) is 0. The molecule has 1 aromatic carbocycles. The topological polar surface area (TPSA) is 0 Å². The summed E-state index contributed by atoms with van der Waals surface area (Å²) >= 11 is 0. The van der Waals surface area contributed by atoms with Crippen molar-refractivity contribution in [3.05, 3.63) is 35.4 Å². The number of benzene rings is 1. The monoisotopic (exact) mass is 189 g/mol. The fraction of sp³-hybridized carbons (Fsp3) is 0.571. The van der Waals surface area contributed by atoms with Crippen LogP contribution in [0, 0.1) is 6.07 Å². The van der Waals surface area contributed by atoms with Gasteiger partial charge in [0.2, 0.25) is 0 Å². The van der Waals surface area contributed by atoms with E-state index in [0.717, 1.165) is 6.42 Å². The standard InChI is InChI=1S/C14H21/c1-3-5-6-7-9-14-11-8-10-13(4-2)12-14/h10-12H,3-7,9H2,1-2H3. The lowest BCUT2D eigenvalue weighted by molar-refractivity contribution is 0.666. The van der Waals surface area contributed by atoms with Crippen LogP contribution in [0.2, 0.25) is 0 Å². The zero-order chi connectivity index (χ0) is 10.2. The molecule has 0 spiro atoms. The average molecular weight is 189 g/mol. The Balaban J connectivity index is 2.34. The summed E-state index contributed by atoms with van der Waals surface area (Å²) in [5.41, 5.74) is 2.87. The number of hydrogen-bond donors (Lipinski definition) is 0. The first-order valence-corrected chi connectivity index (χ1v) is 5.85. The Bertz CT molecular complexity index is 250. The van der Waals surface area contributed by atoms with E-state index in [1.165, 1.54) is 43.2 Å².